The van der Waals surface area contributed by atoms with E-state index in [1.54, 1.807) is 17.0 Å². The summed E-state index contributed by atoms with van der Waals surface area (Å²) < 4.78 is 14.3. The molecule has 1 aromatic rings. The van der Waals surface area contributed by atoms with Crippen LogP contribution in [0, 0.1) is 9.39 Å². The molecule has 1 aliphatic heterocycles. The van der Waals surface area contributed by atoms with Gasteiger partial charge in [0.25, 0.3) is 5.91 Å². The van der Waals surface area contributed by atoms with Gasteiger partial charge in [0.15, 0.2) is 0 Å². The molecule has 0 radical (unpaired) electrons. The molecule has 1 saturated heterocycles. The molecule has 0 unspecified atom stereocenters. The first-order valence-corrected chi connectivity index (χ1v) is 6.00. The van der Waals surface area contributed by atoms with Crippen LogP contribution in [-0.2, 0) is 0 Å². The van der Waals surface area contributed by atoms with Crippen LogP contribution in [0.4, 0.5) is 4.39 Å². The summed E-state index contributed by atoms with van der Waals surface area (Å²) in [6.45, 7) is 1.51. The lowest BCUT2D eigenvalue weighted by atomic mass is 10.2. The van der Waals surface area contributed by atoms with E-state index in [9.17, 15) is 9.18 Å². The molecular weight excluding hydrogens is 308 g/mol. The number of nitrogens with zero attached hydrogens (tertiary/aromatic N) is 1. The first kappa shape index (κ1) is 10.9. The predicted octanol–water partition coefficient (Wildman–Crippen LogP) is 2.67. The van der Waals surface area contributed by atoms with Crippen LogP contribution < -0.4 is 0 Å². The highest BCUT2D eigenvalue weighted by Gasteiger charge is 2.22. The number of halogens is 2. The molecule has 0 saturated carbocycles. The minimum Gasteiger partial charge on any atom is -0.339 e. The second kappa shape index (κ2) is 4.47. The van der Waals surface area contributed by atoms with E-state index < -0.39 is 5.82 Å². The molecule has 1 aromatic carbocycles. The Balaban J connectivity index is 2.27. The Bertz CT molecular complexity index is 388. The number of rotatable bonds is 1. The second-order valence-electron chi connectivity index (χ2n) is 3.62. The molecule has 1 aliphatic rings. The van der Waals surface area contributed by atoms with E-state index in [1.807, 2.05) is 0 Å². The Hall–Kier alpha value is -0.650. The van der Waals surface area contributed by atoms with Crippen molar-refractivity contribution in [3.8, 4) is 0 Å². The molecule has 0 atom stereocenters. The van der Waals surface area contributed by atoms with Gasteiger partial charge in [-0.05, 0) is 53.6 Å². The summed E-state index contributed by atoms with van der Waals surface area (Å²) in [7, 11) is 0. The van der Waals surface area contributed by atoms with Gasteiger partial charge >= 0.3 is 0 Å². The lowest BCUT2D eigenvalue weighted by Crippen LogP contribution is -2.28. The standard InChI is InChI=1S/C11H11FINO/c12-10-4-3-8(13)7-9(10)11(15)14-5-1-2-6-14/h3-4,7H,1-2,5-6H2. The minimum absolute atomic E-state index is 0.177. The Morgan fingerprint density at radius 1 is 1.33 bits per heavy atom. The number of carbonyl (C=O) groups is 1. The van der Waals surface area contributed by atoms with Crippen LogP contribution in [0.1, 0.15) is 23.2 Å². The zero-order valence-corrected chi connectivity index (χ0v) is 10.3. The molecule has 0 spiro atoms. The number of amides is 1. The Kier molecular flexibility index (Phi) is 3.23. The first-order valence-electron chi connectivity index (χ1n) is 4.93. The van der Waals surface area contributed by atoms with Crippen molar-refractivity contribution in [2.75, 3.05) is 13.1 Å². The number of carbonyl (C=O) groups excluding carboxylic acids is 1. The van der Waals surface area contributed by atoms with E-state index in [4.69, 9.17) is 0 Å². The largest absolute Gasteiger partial charge is 0.339 e. The summed E-state index contributed by atoms with van der Waals surface area (Å²) in [6.07, 6.45) is 2.05. The third-order valence-electron chi connectivity index (χ3n) is 2.55. The second-order valence-corrected chi connectivity index (χ2v) is 4.87. The van der Waals surface area contributed by atoms with Crippen LogP contribution in [0.5, 0.6) is 0 Å². The molecule has 80 valence electrons. The Morgan fingerprint density at radius 3 is 2.67 bits per heavy atom. The highest BCUT2D eigenvalue weighted by Crippen LogP contribution is 2.17. The summed E-state index contributed by atoms with van der Waals surface area (Å²) in [5.74, 6) is -0.601. The third kappa shape index (κ3) is 2.30. The smallest absolute Gasteiger partial charge is 0.256 e. The molecule has 2 nitrogen and oxygen atoms in total. The summed E-state index contributed by atoms with van der Waals surface area (Å²) in [6, 6.07) is 4.62. The zero-order valence-electron chi connectivity index (χ0n) is 8.17. The van der Waals surface area contributed by atoms with Crippen molar-refractivity contribution in [3.05, 3.63) is 33.1 Å². The summed E-state index contributed by atoms with van der Waals surface area (Å²) in [4.78, 5) is 13.6. The average Bonchev–Trinajstić information content (AvgIpc) is 2.74. The van der Waals surface area contributed by atoms with Crippen LogP contribution in [0.3, 0.4) is 0 Å². The van der Waals surface area contributed by atoms with E-state index >= 15 is 0 Å². The average molecular weight is 319 g/mol. The lowest BCUT2D eigenvalue weighted by Gasteiger charge is -2.15. The zero-order chi connectivity index (χ0) is 10.8. The van der Waals surface area contributed by atoms with Crippen molar-refractivity contribution in [2.45, 2.75) is 12.8 Å². The SMILES string of the molecule is O=C(c1cc(I)ccc1F)N1CCCC1. The molecule has 0 aliphatic carbocycles. The molecule has 0 N–H and O–H groups in total. The van der Waals surface area contributed by atoms with Gasteiger partial charge in [-0.1, -0.05) is 0 Å². The number of hydrogen-bond acceptors (Lipinski definition) is 1. The minimum atomic E-state index is -0.424. The normalized spacial score (nSPS) is 15.7. The summed E-state index contributed by atoms with van der Waals surface area (Å²) in [5.41, 5.74) is 0.198. The fourth-order valence-corrected chi connectivity index (χ4v) is 2.24. The molecule has 0 aromatic heterocycles. The Morgan fingerprint density at radius 2 is 2.00 bits per heavy atom. The van der Waals surface area contributed by atoms with Crippen LogP contribution in [-0.4, -0.2) is 23.9 Å². The first-order chi connectivity index (χ1) is 7.18. The highest BCUT2D eigenvalue weighted by molar-refractivity contribution is 14.1. The van der Waals surface area contributed by atoms with E-state index in [2.05, 4.69) is 22.6 Å². The molecule has 2 rings (SSSR count). The fourth-order valence-electron chi connectivity index (χ4n) is 1.75. The van der Waals surface area contributed by atoms with Gasteiger partial charge in [-0.2, -0.15) is 0 Å². The van der Waals surface area contributed by atoms with Gasteiger partial charge in [-0.25, -0.2) is 4.39 Å². The predicted molar refractivity (Wildman–Crippen MR) is 64.3 cm³/mol. The number of benzene rings is 1. The maximum atomic E-state index is 13.4. The van der Waals surface area contributed by atoms with Gasteiger partial charge in [-0.3, -0.25) is 4.79 Å². The van der Waals surface area contributed by atoms with Crippen molar-refractivity contribution < 1.29 is 9.18 Å². The van der Waals surface area contributed by atoms with Gasteiger partial charge in [0, 0.05) is 16.7 Å². The maximum Gasteiger partial charge on any atom is 0.256 e. The molecule has 4 heteroatoms. The van der Waals surface area contributed by atoms with E-state index in [1.165, 1.54) is 6.07 Å². The molecular formula is C11H11FINO. The maximum absolute atomic E-state index is 13.4. The van der Waals surface area contributed by atoms with Crippen molar-refractivity contribution in [1.82, 2.24) is 4.90 Å². The van der Waals surface area contributed by atoms with Crippen LogP contribution in [0.15, 0.2) is 18.2 Å². The highest BCUT2D eigenvalue weighted by atomic mass is 127. The number of likely N-dealkylation sites (tertiary alicyclic amines) is 1. The van der Waals surface area contributed by atoms with Crippen molar-refractivity contribution in [3.63, 3.8) is 0 Å². The molecule has 0 bridgehead atoms. The van der Waals surface area contributed by atoms with Gasteiger partial charge in [-0.15, -0.1) is 0 Å². The van der Waals surface area contributed by atoms with Crippen molar-refractivity contribution in [1.29, 1.82) is 0 Å². The monoisotopic (exact) mass is 319 g/mol. The van der Waals surface area contributed by atoms with Crippen molar-refractivity contribution in [2.24, 2.45) is 0 Å². The number of hydrogen-bond donors (Lipinski definition) is 0. The van der Waals surface area contributed by atoms with Crippen LogP contribution in [0.25, 0.3) is 0 Å². The van der Waals surface area contributed by atoms with Gasteiger partial charge in [0.2, 0.25) is 0 Å². The van der Waals surface area contributed by atoms with Gasteiger partial charge < -0.3 is 4.90 Å². The van der Waals surface area contributed by atoms with Crippen LogP contribution in [0.2, 0.25) is 0 Å². The summed E-state index contributed by atoms with van der Waals surface area (Å²) in [5, 5.41) is 0. The van der Waals surface area contributed by atoms with Gasteiger partial charge in [0.1, 0.15) is 5.82 Å². The topological polar surface area (TPSA) is 20.3 Å². The lowest BCUT2D eigenvalue weighted by molar-refractivity contribution is 0.0788. The quantitative estimate of drug-likeness (QED) is 0.729. The third-order valence-corrected chi connectivity index (χ3v) is 3.22. The van der Waals surface area contributed by atoms with Crippen molar-refractivity contribution >= 4 is 28.5 Å². The Labute approximate surface area is 102 Å². The molecule has 1 fully saturated rings. The van der Waals surface area contributed by atoms with Gasteiger partial charge in [0.05, 0.1) is 5.56 Å². The van der Waals surface area contributed by atoms with Crippen LogP contribution >= 0.6 is 22.6 Å². The van der Waals surface area contributed by atoms with E-state index in [0.717, 1.165) is 29.5 Å². The molecule has 1 heterocycles. The fraction of sp³-hybridized carbons (Fsp3) is 0.364. The van der Waals surface area contributed by atoms with E-state index in [-0.39, 0.29) is 11.5 Å². The van der Waals surface area contributed by atoms with E-state index in [0.29, 0.717) is 0 Å². The molecule has 15 heavy (non-hydrogen) atoms. The molecule has 1 amide bonds. The summed E-state index contributed by atoms with van der Waals surface area (Å²) >= 11 is 2.08.